The van der Waals surface area contributed by atoms with Gasteiger partial charge in [-0.2, -0.15) is 0 Å². The summed E-state index contributed by atoms with van der Waals surface area (Å²) in [4.78, 5) is 22.4. The number of hydrogen-bond donors (Lipinski definition) is 3. The topological polar surface area (TPSA) is 92.4 Å². The monoisotopic (exact) mass is 256 g/mol. The molecule has 0 aromatic carbocycles. The molecule has 4 N–H and O–H groups in total. The molecule has 5 nitrogen and oxygen atoms in total. The van der Waals surface area contributed by atoms with Gasteiger partial charge in [0.1, 0.15) is 0 Å². The molecular weight excluding hydrogens is 232 g/mol. The van der Waals surface area contributed by atoms with Gasteiger partial charge in [-0.1, -0.05) is 6.92 Å². The van der Waals surface area contributed by atoms with Crippen molar-refractivity contribution in [3.05, 3.63) is 0 Å². The first kappa shape index (κ1) is 15.0. The highest BCUT2D eigenvalue weighted by Gasteiger charge is 2.25. The average Bonchev–Trinajstić information content (AvgIpc) is 2.35. The fourth-order valence-corrected chi connectivity index (χ4v) is 2.45. The molecule has 1 saturated carbocycles. The molecule has 1 fully saturated rings. The van der Waals surface area contributed by atoms with Gasteiger partial charge in [0.2, 0.25) is 5.91 Å². The van der Waals surface area contributed by atoms with Gasteiger partial charge in [0.25, 0.3) is 0 Å². The summed E-state index contributed by atoms with van der Waals surface area (Å²) in [5, 5.41) is 11.5. The first-order chi connectivity index (χ1) is 8.52. The van der Waals surface area contributed by atoms with E-state index in [-0.39, 0.29) is 24.2 Å². The van der Waals surface area contributed by atoms with Crippen molar-refractivity contribution in [1.29, 1.82) is 0 Å². The molecule has 5 heteroatoms. The van der Waals surface area contributed by atoms with Crippen molar-refractivity contribution in [2.24, 2.45) is 23.5 Å². The highest BCUT2D eigenvalue weighted by atomic mass is 16.4. The number of carboxylic acids is 1. The van der Waals surface area contributed by atoms with Crippen molar-refractivity contribution in [2.75, 3.05) is 13.1 Å². The van der Waals surface area contributed by atoms with Crippen LogP contribution in [-0.2, 0) is 9.59 Å². The number of carboxylic acid groups (broad SMARTS) is 1. The summed E-state index contributed by atoms with van der Waals surface area (Å²) < 4.78 is 0. The maximum absolute atomic E-state index is 11.9. The molecule has 0 aromatic heterocycles. The number of carbonyl (C=O) groups excluding carboxylic acids is 1. The molecule has 0 heterocycles. The van der Waals surface area contributed by atoms with E-state index < -0.39 is 5.97 Å². The van der Waals surface area contributed by atoms with Gasteiger partial charge in [-0.3, -0.25) is 9.59 Å². The van der Waals surface area contributed by atoms with Crippen molar-refractivity contribution < 1.29 is 14.7 Å². The van der Waals surface area contributed by atoms with Crippen molar-refractivity contribution in [2.45, 2.75) is 39.0 Å². The predicted octanol–water partition coefficient (Wildman–Crippen LogP) is 0.979. The number of nitrogens with two attached hydrogens (primary N) is 1. The van der Waals surface area contributed by atoms with E-state index in [2.05, 4.69) is 5.32 Å². The van der Waals surface area contributed by atoms with Crippen molar-refractivity contribution in [1.82, 2.24) is 5.32 Å². The Morgan fingerprint density at radius 1 is 1.33 bits per heavy atom. The molecule has 0 aromatic rings. The Kier molecular flexibility index (Phi) is 6.12. The van der Waals surface area contributed by atoms with Crippen molar-refractivity contribution in [3.63, 3.8) is 0 Å². The van der Waals surface area contributed by atoms with Gasteiger partial charge in [-0.05, 0) is 44.1 Å². The standard InChI is InChI=1S/C13H24N2O3/c1-9(6-12(16)17)8-15-13(18)11-4-2-10(7-14)3-5-11/h9-11H,2-8,14H2,1H3,(H,15,18)(H,16,17). The van der Waals surface area contributed by atoms with E-state index >= 15 is 0 Å². The third-order valence-corrected chi connectivity index (χ3v) is 3.70. The molecule has 1 aliphatic rings. The number of aliphatic carboxylic acids is 1. The first-order valence-corrected chi connectivity index (χ1v) is 6.72. The van der Waals surface area contributed by atoms with E-state index in [9.17, 15) is 9.59 Å². The fraction of sp³-hybridized carbons (Fsp3) is 0.846. The quantitative estimate of drug-likeness (QED) is 0.660. The van der Waals surface area contributed by atoms with Crippen LogP contribution in [0, 0.1) is 17.8 Å². The molecule has 1 rings (SSSR count). The molecule has 0 radical (unpaired) electrons. The summed E-state index contributed by atoms with van der Waals surface area (Å²) in [5.74, 6) is -0.112. The van der Waals surface area contributed by atoms with Crippen LogP contribution in [0.25, 0.3) is 0 Å². The number of hydrogen-bond acceptors (Lipinski definition) is 3. The molecule has 0 saturated heterocycles. The lowest BCUT2D eigenvalue weighted by molar-refractivity contribution is -0.138. The van der Waals surface area contributed by atoms with Gasteiger partial charge in [-0.25, -0.2) is 0 Å². The van der Waals surface area contributed by atoms with Crippen LogP contribution in [0.4, 0.5) is 0 Å². The minimum atomic E-state index is -0.819. The van der Waals surface area contributed by atoms with Crippen LogP contribution in [0.1, 0.15) is 39.0 Å². The van der Waals surface area contributed by atoms with E-state index in [4.69, 9.17) is 10.8 Å². The number of rotatable bonds is 6. The summed E-state index contributed by atoms with van der Waals surface area (Å²) in [7, 11) is 0. The summed E-state index contributed by atoms with van der Waals surface area (Å²) in [6.45, 7) is 2.99. The molecule has 1 unspecified atom stereocenters. The van der Waals surface area contributed by atoms with Crippen LogP contribution >= 0.6 is 0 Å². The SMILES string of the molecule is CC(CNC(=O)C1CCC(CN)CC1)CC(=O)O. The second-order valence-corrected chi connectivity index (χ2v) is 5.40. The van der Waals surface area contributed by atoms with Crippen LogP contribution in [0.15, 0.2) is 0 Å². The highest BCUT2D eigenvalue weighted by molar-refractivity contribution is 5.78. The smallest absolute Gasteiger partial charge is 0.303 e. The Bertz CT molecular complexity index is 286. The van der Waals surface area contributed by atoms with Crippen molar-refractivity contribution in [3.8, 4) is 0 Å². The zero-order valence-corrected chi connectivity index (χ0v) is 11.0. The van der Waals surface area contributed by atoms with Gasteiger partial charge in [-0.15, -0.1) is 0 Å². The van der Waals surface area contributed by atoms with Gasteiger partial charge >= 0.3 is 5.97 Å². The van der Waals surface area contributed by atoms with E-state index in [0.29, 0.717) is 19.0 Å². The number of carbonyl (C=O) groups is 2. The lowest BCUT2D eigenvalue weighted by Gasteiger charge is -2.27. The molecule has 104 valence electrons. The van der Waals surface area contributed by atoms with Gasteiger partial charge in [0.05, 0.1) is 0 Å². The molecule has 0 bridgehead atoms. The minimum absolute atomic E-state index is 0.0215. The Balaban J connectivity index is 2.23. The maximum atomic E-state index is 11.9. The zero-order chi connectivity index (χ0) is 13.5. The third kappa shape index (κ3) is 5.04. The summed E-state index contributed by atoms with van der Waals surface area (Å²) in [6, 6.07) is 0. The number of amides is 1. The van der Waals surface area contributed by atoms with Gasteiger partial charge in [0.15, 0.2) is 0 Å². The lowest BCUT2D eigenvalue weighted by atomic mass is 9.81. The summed E-state index contributed by atoms with van der Waals surface area (Å²) in [6.07, 6.45) is 3.96. The van der Waals surface area contributed by atoms with Crippen molar-refractivity contribution >= 4 is 11.9 Å². The van der Waals surface area contributed by atoms with Gasteiger partial charge in [0, 0.05) is 18.9 Å². The Morgan fingerprint density at radius 3 is 2.44 bits per heavy atom. The molecule has 18 heavy (non-hydrogen) atoms. The molecule has 0 aliphatic heterocycles. The third-order valence-electron chi connectivity index (χ3n) is 3.70. The average molecular weight is 256 g/mol. The zero-order valence-electron chi connectivity index (χ0n) is 11.0. The lowest BCUT2D eigenvalue weighted by Crippen LogP contribution is -2.36. The van der Waals surface area contributed by atoms with Gasteiger partial charge < -0.3 is 16.2 Å². The Labute approximate surface area is 108 Å². The Hall–Kier alpha value is -1.10. The summed E-state index contributed by atoms with van der Waals surface area (Å²) in [5.41, 5.74) is 5.61. The molecule has 1 atom stereocenters. The van der Waals surface area contributed by atoms with E-state index in [1.807, 2.05) is 6.92 Å². The van der Waals surface area contributed by atoms with Crippen LogP contribution in [0.3, 0.4) is 0 Å². The first-order valence-electron chi connectivity index (χ1n) is 6.72. The van der Waals surface area contributed by atoms with Crippen LogP contribution < -0.4 is 11.1 Å². The van der Waals surface area contributed by atoms with Crippen LogP contribution in [0.5, 0.6) is 0 Å². The van der Waals surface area contributed by atoms with Crippen LogP contribution in [-0.4, -0.2) is 30.1 Å². The van der Waals surface area contributed by atoms with E-state index in [0.717, 1.165) is 25.7 Å². The highest BCUT2D eigenvalue weighted by Crippen LogP contribution is 2.28. The van der Waals surface area contributed by atoms with E-state index in [1.54, 1.807) is 0 Å². The molecular formula is C13H24N2O3. The number of nitrogens with one attached hydrogen (secondary N) is 1. The largest absolute Gasteiger partial charge is 0.481 e. The fourth-order valence-electron chi connectivity index (χ4n) is 2.45. The predicted molar refractivity (Wildman–Crippen MR) is 68.9 cm³/mol. The maximum Gasteiger partial charge on any atom is 0.303 e. The van der Waals surface area contributed by atoms with Crippen LogP contribution in [0.2, 0.25) is 0 Å². The molecule has 0 spiro atoms. The minimum Gasteiger partial charge on any atom is -0.481 e. The summed E-state index contributed by atoms with van der Waals surface area (Å²) >= 11 is 0. The molecule has 1 amide bonds. The normalized spacial score (nSPS) is 25.4. The second kappa shape index (κ2) is 7.36. The Morgan fingerprint density at radius 2 is 1.94 bits per heavy atom. The van der Waals surface area contributed by atoms with E-state index in [1.165, 1.54) is 0 Å². The second-order valence-electron chi connectivity index (χ2n) is 5.40. The molecule has 1 aliphatic carbocycles.